The lowest BCUT2D eigenvalue weighted by Crippen LogP contribution is -2.06. The van der Waals surface area contributed by atoms with Crippen molar-refractivity contribution in [3.05, 3.63) is 41.5 Å². The number of sulfone groups is 1. The highest BCUT2D eigenvalue weighted by Crippen LogP contribution is 2.23. The molecule has 0 spiro atoms. The summed E-state index contributed by atoms with van der Waals surface area (Å²) in [7, 11) is -3.39. The summed E-state index contributed by atoms with van der Waals surface area (Å²) in [6.07, 6.45) is 3.15. The van der Waals surface area contributed by atoms with Crippen LogP contribution in [0.2, 0.25) is 0 Å². The Labute approximate surface area is 106 Å². The van der Waals surface area contributed by atoms with Crippen LogP contribution >= 0.6 is 11.6 Å². The van der Waals surface area contributed by atoms with Crippen molar-refractivity contribution in [3.8, 4) is 0 Å². The van der Waals surface area contributed by atoms with Crippen molar-refractivity contribution in [2.75, 3.05) is 6.26 Å². The van der Waals surface area contributed by atoms with Crippen LogP contribution < -0.4 is 0 Å². The zero-order chi connectivity index (χ0) is 13.2. The second kappa shape index (κ2) is 5.02. The maximum absolute atomic E-state index is 11.6. The van der Waals surface area contributed by atoms with E-state index in [0.29, 0.717) is 17.5 Å². The normalized spacial score (nSPS) is 11.2. The number of benzene rings is 1. The molecule has 0 aromatic heterocycles. The van der Waals surface area contributed by atoms with Gasteiger partial charge in [-0.2, -0.15) is 0 Å². The fraction of sp³-hybridized carbons (Fsp3) is 0.250. The fourth-order valence-corrected chi connectivity index (χ4v) is 2.77. The van der Waals surface area contributed by atoms with Crippen LogP contribution in [0, 0.1) is 6.92 Å². The first-order valence-electron chi connectivity index (χ1n) is 4.91. The summed E-state index contributed by atoms with van der Waals surface area (Å²) in [6, 6.07) is 2.99. The minimum atomic E-state index is -3.39. The first kappa shape index (κ1) is 13.9. The molecule has 0 fully saturated rings. The van der Waals surface area contributed by atoms with Gasteiger partial charge in [0.2, 0.25) is 0 Å². The molecule has 1 rings (SSSR count). The zero-order valence-corrected chi connectivity index (χ0v) is 11.2. The van der Waals surface area contributed by atoms with E-state index in [-0.39, 0.29) is 10.5 Å². The number of carbonyl (C=O) groups excluding carboxylic acids is 1. The zero-order valence-electron chi connectivity index (χ0n) is 9.66. The molecule has 5 heteroatoms. The van der Waals surface area contributed by atoms with Crippen molar-refractivity contribution in [3.63, 3.8) is 0 Å². The molecule has 0 aliphatic rings. The van der Waals surface area contributed by atoms with Crippen molar-refractivity contribution in [1.29, 1.82) is 0 Å². The molecule has 1 aromatic carbocycles. The number of hydrogen-bond acceptors (Lipinski definition) is 3. The van der Waals surface area contributed by atoms with Gasteiger partial charge < -0.3 is 0 Å². The minimum absolute atomic E-state index is 0.131. The van der Waals surface area contributed by atoms with Gasteiger partial charge in [0, 0.05) is 11.8 Å². The van der Waals surface area contributed by atoms with Gasteiger partial charge in [0.25, 0.3) is 5.24 Å². The lowest BCUT2D eigenvalue weighted by atomic mass is 10.0. The van der Waals surface area contributed by atoms with Gasteiger partial charge in [0.15, 0.2) is 9.84 Å². The molecular weight excluding hydrogens is 260 g/mol. The van der Waals surface area contributed by atoms with Gasteiger partial charge in [-0.3, -0.25) is 4.79 Å². The lowest BCUT2D eigenvalue weighted by Gasteiger charge is -2.10. The molecular formula is C12H13ClO3S. The average Bonchev–Trinajstić information content (AvgIpc) is 2.15. The van der Waals surface area contributed by atoms with Gasteiger partial charge in [0.1, 0.15) is 0 Å². The number of aryl methyl sites for hydroxylation is 1. The summed E-state index contributed by atoms with van der Waals surface area (Å²) in [6.45, 7) is 5.30. The summed E-state index contributed by atoms with van der Waals surface area (Å²) in [4.78, 5) is 11.3. The summed E-state index contributed by atoms with van der Waals surface area (Å²) >= 11 is 5.41. The Morgan fingerprint density at radius 3 is 2.47 bits per heavy atom. The molecule has 0 saturated heterocycles. The first-order valence-corrected chi connectivity index (χ1v) is 7.18. The summed E-state index contributed by atoms with van der Waals surface area (Å²) < 4.78 is 23.3. The maximum Gasteiger partial charge on any atom is 0.252 e. The van der Waals surface area contributed by atoms with E-state index in [1.165, 1.54) is 6.07 Å². The Morgan fingerprint density at radius 2 is 2.06 bits per heavy atom. The minimum Gasteiger partial charge on any atom is -0.276 e. The van der Waals surface area contributed by atoms with E-state index < -0.39 is 15.1 Å². The molecule has 0 aliphatic carbocycles. The Bertz CT molecular complexity index is 574. The van der Waals surface area contributed by atoms with E-state index in [1.54, 1.807) is 19.1 Å². The second-order valence-electron chi connectivity index (χ2n) is 3.81. The SMILES string of the molecule is C=CCc1cc(C)c(C(=O)Cl)cc1S(C)(=O)=O. The Hall–Kier alpha value is -1.13. The quantitative estimate of drug-likeness (QED) is 0.625. The van der Waals surface area contributed by atoms with E-state index in [1.807, 2.05) is 0 Å². The molecule has 0 unspecified atom stereocenters. The summed E-state index contributed by atoms with van der Waals surface area (Å²) in [5, 5.41) is -0.655. The van der Waals surface area contributed by atoms with E-state index in [4.69, 9.17) is 11.6 Å². The van der Waals surface area contributed by atoms with Crippen LogP contribution in [0.5, 0.6) is 0 Å². The maximum atomic E-state index is 11.6. The molecule has 1 aromatic rings. The van der Waals surface area contributed by atoms with Crippen molar-refractivity contribution in [2.45, 2.75) is 18.2 Å². The van der Waals surface area contributed by atoms with E-state index in [2.05, 4.69) is 6.58 Å². The van der Waals surface area contributed by atoms with Gasteiger partial charge in [0.05, 0.1) is 4.90 Å². The Morgan fingerprint density at radius 1 is 1.47 bits per heavy atom. The Kier molecular flexibility index (Phi) is 4.11. The lowest BCUT2D eigenvalue weighted by molar-refractivity contribution is 0.108. The third-order valence-electron chi connectivity index (χ3n) is 2.38. The highest BCUT2D eigenvalue weighted by molar-refractivity contribution is 7.90. The smallest absolute Gasteiger partial charge is 0.252 e. The van der Waals surface area contributed by atoms with Crippen LogP contribution in [0.3, 0.4) is 0 Å². The highest BCUT2D eigenvalue weighted by Gasteiger charge is 2.17. The number of allylic oxidation sites excluding steroid dienone is 1. The third kappa shape index (κ3) is 3.17. The van der Waals surface area contributed by atoms with E-state index in [0.717, 1.165) is 6.26 Å². The standard InChI is InChI=1S/C12H13ClO3S/c1-4-5-9-6-8(2)10(12(13)14)7-11(9)17(3,15)16/h4,6-7H,1,5H2,2-3H3. The van der Waals surface area contributed by atoms with Crippen molar-refractivity contribution >= 4 is 26.7 Å². The number of carbonyl (C=O) groups is 1. The van der Waals surface area contributed by atoms with Crippen LogP contribution in [-0.4, -0.2) is 19.9 Å². The van der Waals surface area contributed by atoms with Crippen LogP contribution in [-0.2, 0) is 16.3 Å². The van der Waals surface area contributed by atoms with Gasteiger partial charge in [-0.15, -0.1) is 6.58 Å². The fourth-order valence-electron chi connectivity index (χ4n) is 1.62. The van der Waals surface area contributed by atoms with Crippen molar-refractivity contribution in [1.82, 2.24) is 0 Å². The highest BCUT2D eigenvalue weighted by atomic mass is 35.5. The molecule has 17 heavy (non-hydrogen) atoms. The summed E-state index contributed by atoms with van der Waals surface area (Å²) in [5.41, 5.74) is 1.51. The third-order valence-corrected chi connectivity index (χ3v) is 3.77. The largest absolute Gasteiger partial charge is 0.276 e. The van der Waals surface area contributed by atoms with Crippen molar-refractivity contribution in [2.24, 2.45) is 0 Å². The van der Waals surface area contributed by atoms with Gasteiger partial charge in [-0.05, 0) is 42.1 Å². The number of rotatable bonds is 4. The number of halogens is 1. The predicted octanol–water partition coefficient (Wildman–Crippen LogP) is 2.51. The molecule has 0 bridgehead atoms. The molecule has 0 aliphatic heterocycles. The molecule has 0 atom stereocenters. The molecule has 0 heterocycles. The van der Waals surface area contributed by atoms with Crippen LogP contribution in [0.1, 0.15) is 21.5 Å². The predicted molar refractivity (Wildman–Crippen MR) is 68.4 cm³/mol. The molecule has 0 N–H and O–H groups in total. The van der Waals surface area contributed by atoms with E-state index in [9.17, 15) is 13.2 Å². The van der Waals surface area contributed by atoms with Crippen molar-refractivity contribution < 1.29 is 13.2 Å². The van der Waals surface area contributed by atoms with Crippen LogP contribution in [0.25, 0.3) is 0 Å². The molecule has 0 saturated carbocycles. The van der Waals surface area contributed by atoms with Crippen LogP contribution in [0.15, 0.2) is 29.7 Å². The molecule has 92 valence electrons. The topological polar surface area (TPSA) is 51.2 Å². The monoisotopic (exact) mass is 272 g/mol. The second-order valence-corrected chi connectivity index (χ2v) is 6.14. The van der Waals surface area contributed by atoms with E-state index >= 15 is 0 Å². The average molecular weight is 273 g/mol. The van der Waals surface area contributed by atoms with Crippen LogP contribution in [0.4, 0.5) is 0 Å². The molecule has 0 radical (unpaired) electrons. The van der Waals surface area contributed by atoms with Gasteiger partial charge >= 0.3 is 0 Å². The molecule has 0 amide bonds. The molecule has 3 nitrogen and oxygen atoms in total. The number of hydrogen-bond donors (Lipinski definition) is 0. The first-order chi connectivity index (χ1) is 7.77. The van der Waals surface area contributed by atoms with Gasteiger partial charge in [-0.1, -0.05) is 12.1 Å². The Balaban J connectivity index is 3.59. The summed E-state index contributed by atoms with van der Waals surface area (Å²) in [5.74, 6) is 0. The van der Waals surface area contributed by atoms with Gasteiger partial charge in [-0.25, -0.2) is 8.42 Å².